The number of hydrogen-bond acceptors (Lipinski definition) is 2. The Bertz CT molecular complexity index is 634. The first-order valence-corrected chi connectivity index (χ1v) is 9.29. The minimum absolute atomic E-state index is 0.0462. The summed E-state index contributed by atoms with van der Waals surface area (Å²) in [6.07, 6.45) is 3.83. The van der Waals surface area contributed by atoms with Crippen molar-refractivity contribution in [3.8, 4) is 0 Å². The molecule has 26 heavy (non-hydrogen) atoms. The third kappa shape index (κ3) is 4.71. The molecular weight excluding hydrogens is 340 g/mol. The zero-order chi connectivity index (χ0) is 18.5. The molecule has 0 saturated carbocycles. The minimum Gasteiger partial charge on any atom is -0.356 e. The molecule has 1 N–H and O–H groups in total. The van der Waals surface area contributed by atoms with Crippen molar-refractivity contribution in [2.45, 2.75) is 32.1 Å². The number of carbonyl (C=O) groups is 2. The van der Waals surface area contributed by atoms with E-state index in [1.54, 1.807) is 0 Å². The van der Waals surface area contributed by atoms with Gasteiger partial charge in [-0.1, -0.05) is 0 Å². The largest absolute Gasteiger partial charge is 0.356 e. The fourth-order valence-corrected chi connectivity index (χ4v) is 3.67. The number of benzene rings is 1. The molecule has 2 saturated heterocycles. The maximum atomic E-state index is 13.2. The van der Waals surface area contributed by atoms with E-state index >= 15 is 0 Å². The van der Waals surface area contributed by atoms with Gasteiger partial charge in [0.15, 0.2) is 0 Å². The molecule has 7 heteroatoms. The highest BCUT2D eigenvalue weighted by Gasteiger charge is 2.30. The van der Waals surface area contributed by atoms with Crippen LogP contribution < -0.4 is 5.32 Å². The first-order chi connectivity index (χ1) is 12.5. The van der Waals surface area contributed by atoms with Gasteiger partial charge in [-0.25, -0.2) is 13.6 Å². The van der Waals surface area contributed by atoms with E-state index in [1.807, 2.05) is 9.80 Å². The summed E-state index contributed by atoms with van der Waals surface area (Å²) in [5.41, 5.74) is 0.522. The molecule has 0 unspecified atom stereocenters. The third-order valence-electron chi connectivity index (χ3n) is 5.15. The van der Waals surface area contributed by atoms with Crippen molar-refractivity contribution in [2.24, 2.45) is 5.92 Å². The van der Waals surface area contributed by atoms with Gasteiger partial charge in [0.05, 0.1) is 0 Å². The van der Waals surface area contributed by atoms with Crippen molar-refractivity contribution < 1.29 is 18.4 Å². The van der Waals surface area contributed by atoms with Crippen LogP contribution in [0.1, 0.15) is 31.2 Å². The molecule has 0 aromatic heterocycles. The van der Waals surface area contributed by atoms with Gasteiger partial charge < -0.3 is 15.1 Å². The summed E-state index contributed by atoms with van der Waals surface area (Å²) in [4.78, 5) is 28.4. The second kappa shape index (κ2) is 8.47. The zero-order valence-corrected chi connectivity index (χ0v) is 14.8. The van der Waals surface area contributed by atoms with E-state index in [2.05, 4.69) is 5.32 Å². The maximum absolute atomic E-state index is 13.2. The van der Waals surface area contributed by atoms with Crippen LogP contribution in [-0.4, -0.2) is 54.5 Å². The predicted molar refractivity (Wildman–Crippen MR) is 93.6 cm³/mol. The Morgan fingerprint density at radius 3 is 2.15 bits per heavy atom. The second-order valence-electron chi connectivity index (χ2n) is 7.06. The lowest BCUT2D eigenvalue weighted by atomic mass is 9.96. The van der Waals surface area contributed by atoms with E-state index in [1.165, 1.54) is 12.1 Å². The quantitative estimate of drug-likeness (QED) is 0.892. The number of halogens is 2. The number of nitrogens with zero attached hydrogens (tertiary/aromatic N) is 2. The van der Waals surface area contributed by atoms with Gasteiger partial charge in [0.25, 0.3) is 0 Å². The fourth-order valence-electron chi connectivity index (χ4n) is 3.67. The molecule has 1 aromatic carbocycles. The summed E-state index contributed by atoms with van der Waals surface area (Å²) < 4.78 is 26.3. The molecule has 5 nitrogen and oxygen atoms in total. The highest BCUT2D eigenvalue weighted by Crippen LogP contribution is 2.20. The summed E-state index contributed by atoms with van der Waals surface area (Å²) in [6, 6.07) is 3.48. The van der Waals surface area contributed by atoms with Gasteiger partial charge in [0.1, 0.15) is 11.6 Å². The standard InChI is InChI=1S/C19H25F2N3O2/c20-16-11-14(12-17(21)13-16)3-6-22-18(25)15-4-9-24(10-5-15)19(26)23-7-1-2-8-23/h11-13,15H,1-10H2,(H,22,25). The molecule has 0 aliphatic carbocycles. The molecule has 1 aromatic rings. The average molecular weight is 365 g/mol. The van der Waals surface area contributed by atoms with E-state index < -0.39 is 11.6 Å². The summed E-state index contributed by atoms with van der Waals surface area (Å²) >= 11 is 0. The van der Waals surface area contributed by atoms with E-state index in [-0.39, 0.29) is 17.9 Å². The van der Waals surface area contributed by atoms with Gasteiger partial charge in [-0.2, -0.15) is 0 Å². The van der Waals surface area contributed by atoms with Crippen molar-refractivity contribution in [2.75, 3.05) is 32.7 Å². The van der Waals surface area contributed by atoms with Crippen LogP contribution in [0.4, 0.5) is 13.6 Å². The fraction of sp³-hybridized carbons (Fsp3) is 0.579. The summed E-state index contributed by atoms with van der Waals surface area (Å²) in [5, 5.41) is 2.84. The summed E-state index contributed by atoms with van der Waals surface area (Å²) in [5.74, 6) is -1.38. The maximum Gasteiger partial charge on any atom is 0.319 e. The SMILES string of the molecule is O=C(NCCc1cc(F)cc(F)c1)C1CCN(C(=O)N2CCCC2)CC1. The van der Waals surface area contributed by atoms with E-state index in [0.29, 0.717) is 44.5 Å². The first-order valence-electron chi connectivity index (χ1n) is 9.29. The Morgan fingerprint density at radius 2 is 1.54 bits per heavy atom. The van der Waals surface area contributed by atoms with Crippen molar-refractivity contribution in [1.29, 1.82) is 0 Å². The van der Waals surface area contributed by atoms with Crippen LogP contribution in [-0.2, 0) is 11.2 Å². The Labute approximate surface area is 152 Å². The normalized spacial score (nSPS) is 18.2. The molecule has 2 aliphatic heterocycles. The number of amides is 3. The molecule has 0 radical (unpaired) electrons. The van der Waals surface area contributed by atoms with Gasteiger partial charge in [-0.3, -0.25) is 4.79 Å². The van der Waals surface area contributed by atoms with Gasteiger partial charge in [0, 0.05) is 44.7 Å². The Morgan fingerprint density at radius 1 is 0.962 bits per heavy atom. The monoisotopic (exact) mass is 365 g/mol. The topological polar surface area (TPSA) is 52.7 Å². The number of carbonyl (C=O) groups excluding carboxylic acids is 2. The highest BCUT2D eigenvalue weighted by atomic mass is 19.1. The average Bonchev–Trinajstić information content (AvgIpc) is 3.15. The predicted octanol–water partition coefficient (Wildman–Crippen LogP) is 2.55. The van der Waals surface area contributed by atoms with E-state index in [4.69, 9.17) is 0 Å². The molecule has 3 amide bonds. The summed E-state index contributed by atoms with van der Waals surface area (Å²) in [6.45, 7) is 3.21. The van der Waals surface area contributed by atoms with Crippen molar-refractivity contribution >= 4 is 11.9 Å². The van der Waals surface area contributed by atoms with Gasteiger partial charge in [-0.05, 0) is 49.8 Å². The van der Waals surface area contributed by atoms with Crippen LogP contribution in [0.25, 0.3) is 0 Å². The number of hydrogen-bond donors (Lipinski definition) is 1. The van der Waals surface area contributed by atoms with Crippen LogP contribution >= 0.6 is 0 Å². The van der Waals surface area contributed by atoms with Gasteiger partial charge >= 0.3 is 6.03 Å². The first kappa shape index (κ1) is 18.6. The molecule has 3 rings (SSSR count). The van der Waals surface area contributed by atoms with Crippen LogP contribution in [0.5, 0.6) is 0 Å². The number of rotatable bonds is 4. The summed E-state index contributed by atoms with van der Waals surface area (Å²) in [7, 11) is 0. The molecule has 2 fully saturated rings. The lowest BCUT2D eigenvalue weighted by molar-refractivity contribution is -0.126. The molecule has 0 atom stereocenters. The molecular formula is C19H25F2N3O2. The number of likely N-dealkylation sites (tertiary alicyclic amines) is 2. The van der Waals surface area contributed by atoms with E-state index in [0.717, 1.165) is 32.0 Å². The molecule has 0 spiro atoms. The lowest BCUT2D eigenvalue weighted by Gasteiger charge is -2.34. The molecule has 2 heterocycles. The lowest BCUT2D eigenvalue weighted by Crippen LogP contribution is -2.47. The molecule has 0 bridgehead atoms. The van der Waals surface area contributed by atoms with Gasteiger partial charge in [-0.15, -0.1) is 0 Å². The second-order valence-corrected chi connectivity index (χ2v) is 7.06. The number of piperidine rings is 1. The minimum atomic E-state index is -0.610. The molecule has 142 valence electrons. The number of urea groups is 1. The van der Waals surface area contributed by atoms with Crippen LogP contribution in [0.3, 0.4) is 0 Å². The van der Waals surface area contributed by atoms with Crippen LogP contribution in [0, 0.1) is 17.6 Å². The zero-order valence-electron chi connectivity index (χ0n) is 14.8. The van der Waals surface area contributed by atoms with Crippen LogP contribution in [0.15, 0.2) is 18.2 Å². The van der Waals surface area contributed by atoms with Crippen molar-refractivity contribution in [3.05, 3.63) is 35.4 Å². The Kier molecular flexibility index (Phi) is 6.06. The highest BCUT2D eigenvalue weighted by molar-refractivity contribution is 5.79. The van der Waals surface area contributed by atoms with Crippen molar-refractivity contribution in [3.63, 3.8) is 0 Å². The third-order valence-corrected chi connectivity index (χ3v) is 5.15. The molecule has 2 aliphatic rings. The van der Waals surface area contributed by atoms with Gasteiger partial charge in [0.2, 0.25) is 5.91 Å². The van der Waals surface area contributed by atoms with Crippen molar-refractivity contribution in [1.82, 2.24) is 15.1 Å². The van der Waals surface area contributed by atoms with Crippen LogP contribution in [0.2, 0.25) is 0 Å². The smallest absolute Gasteiger partial charge is 0.319 e. The Balaban J connectivity index is 1.40. The number of nitrogens with one attached hydrogen (secondary N) is 1. The Hall–Kier alpha value is -2.18. The van der Waals surface area contributed by atoms with E-state index in [9.17, 15) is 18.4 Å².